The molecule has 0 bridgehead atoms. The molecule has 0 atom stereocenters. The minimum Gasteiger partial charge on any atom is -0.438 e. The van der Waals surface area contributed by atoms with Crippen LogP contribution in [0.4, 0.5) is 0 Å². The first-order valence-electron chi connectivity index (χ1n) is 6.52. The fourth-order valence-electron chi connectivity index (χ4n) is 3.78. The molecule has 0 aromatic rings. The van der Waals surface area contributed by atoms with E-state index in [0.29, 0.717) is 0 Å². The average Bonchev–Trinajstić information content (AvgIpc) is 2.87. The van der Waals surface area contributed by atoms with Crippen LogP contribution < -0.4 is 0 Å². The summed E-state index contributed by atoms with van der Waals surface area (Å²) in [7, 11) is -0.701. The van der Waals surface area contributed by atoms with Crippen molar-refractivity contribution in [3.8, 4) is 0 Å². The van der Waals surface area contributed by atoms with Gasteiger partial charge in [-0.05, 0) is 23.8 Å². The monoisotopic (exact) mass is 212 g/mol. The lowest BCUT2D eigenvalue weighted by atomic mass is 9.81. The molecule has 0 amide bonds. The lowest BCUT2D eigenvalue weighted by Gasteiger charge is -2.28. The highest BCUT2D eigenvalue weighted by Gasteiger charge is 2.32. The lowest BCUT2D eigenvalue weighted by molar-refractivity contribution is 0.249. The maximum absolute atomic E-state index is 9.30. The van der Waals surface area contributed by atoms with Gasteiger partial charge in [-0.3, -0.25) is 0 Å². The van der Waals surface area contributed by atoms with Crippen molar-refractivity contribution in [1.29, 1.82) is 0 Å². The van der Waals surface area contributed by atoms with Crippen molar-refractivity contribution in [2.24, 2.45) is 17.8 Å². The summed E-state index contributed by atoms with van der Waals surface area (Å²) >= 11 is 0. The smallest absolute Gasteiger partial charge is 0.157 e. The third-order valence-electron chi connectivity index (χ3n) is 4.47. The molecule has 2 aliphatic carbocycles. The molecule has 0 aromatic carbocycles. The third-order valence-corrected chi connectivity index (χ3v) is 5.40. The van der Waals surface area contributed by atoms with Gasteiger partial charge in [-0.25, -0.2) is 0 Å². The van der Waals surface area contributed by atoms with Crippen LogP contribution in [-0.4, -0.2) is 14.6 Å². The van der Waals surface area contributed by atoms with Gasteiger partial charge in [0.1, 0.15) is 0 Å². The summed E-state index contributed by atoms with van der Waals surface area (Å²) in [5.74, 6) is 2.92. The second-order valence-corrected chi connectivity index (χ2v) is 6.29. The van der Waals surface area contributed by atoms with E-state index in [1.807, 2.05) is 0 Å². The van der Waals surface area contributed by atoms with Crippen LogP contribution in [0, 0.1) is 17.8 Å². The van der Waals surface area contributed by atoms with Crippen molar-refractivity contribution in [2.45, 2.75) is 57.4 Å². The first-order valence-corrected chi connectivity index (χ1v) is 8.16. The van der Waals surface area contributed by atoms with E-state index in [1.165, 1.54) is 57.4 Å². The fraction of sp³-hybridized carbons (Fsp3) is 1.00. The third kappa shape index (κ3) is 2.40. The van der Waals surface area contributed by atoms with E-state index in [9.17, 15) is 4.80 Å². The lowest BCUT2D eigenvalue weighted by Crippen LogP contribution is -2.21. The predicted octanol–water partition coefficient (Wildman–Crippen LogP) is 2.48. The minimum absolute atomic E-state index is 0.701. The standard InChI is InChI=1S/C12H24OSi/c13-14-9-12(10-5-1-2-6-10)11-7-3-4-8-11/h10-13H,1-9,14H2. The Bertz CT molecular complexity index is 144. The molecular formula is C12H24OSi. The zero-order valence-electron chi connectivity index (χ0n) is 9.25. The van der Waals surface area contributed by atoms with E-state index in [0.717, 1.165) is 17.8 Å². The topological polar surface area (TPSA) is 20.2 Å². The fourth-order valence-corrected chi connectivity index (χ4v) is 5.02. The SMILES string of the molecule is O[SiH2]CC(C1CCCC1)C1CCCC1. The van der Waals surface area contributed by atoms with Crippen LogP contribution in [0.15, 0.2) is 0 Å². The molecule has 0 aromatic heterocycles. The molecule has 1 N–H and O–H groups in total. The Balaban J connectivity index is 1.91. The van der Waals surface area contributed by atoms with Gasteiger partial charge in [0.05, 0.1) is 0 Å². The van der Waals surface area contributed by atoms with Crippen LogP contribution in [0.25, 0.3) is 0 Å². The van der Waals surface area contributed by atoms with Crippen LogP contribution in [0.2, 0.25) is 6.04 Å². The molecule has 14 heavy (non-hydrogen) atoms. The van der Waals surface area contributed by atoms with Crippen LogP contribution >= 0.6 is 0 Å². The Morgan fingerprint density at radius 3 is 1.71 bits per heavy atom. The zero-order chi connectivity index (χ0) is 9.80. The van der Waals surface area contributed by atoms with Gasteiger partial charge in [0.25, 0.3) is 0 Å². The van der Waals surface area contributed by atoms with Crippen molar-refractivity contribution in [3.05, 3.63) is 0 Å². The predicted molar refractivity (Wildman–Crippen MR) is 63.0 cm³/mol. The van der Waals surface area contributed by atoms with Gasteiger partial charge in [0.15, 0.2) is 9.76 Å². The number of rotatable bonds is 4. The molecule has 2 saturated carbocycles. The van der Waals surface area contributed by atoms with Crippen molar-refractivity contribution in [2.75, 3.05) is 0 Å². The molecule has 2 aliphatic rings. The van der Waals surface area contributed by atoms with Gasteiger partial charge < -0.3 is 4.80 Å². The molecule has 2 rings (SSSR count). The van der Waals surface area contributed by atoms with Crippen molar-refractivity contribution in [1.82, 2.24) is 0 Å². The summed E-state index contributed by atoms with van der Waals surface area (Å²) in [6.45, 7) is 0. The summed E-state index contributed by atoms with van der Waals surface area (Å²) < 4.78 is 0. The Labute approximate surface area is 90.2 Å². The molecule has 0 aliphatic heterocycles. The van der Waals surface area contributed by atoms with E-state index in [2.05, 4.69) is 0 Å². The molecule has 2 heteroatoms. The molecule has 0 saturated heterocycles. The summed E-state index contributed by atoms with van der Waals surface area (Å²) in [6, 6.07) is 1.22. The second kappa shape index (κ2) is 5.31. The maximum Gasteiger partial charge on any atom is 0.157 e. The van der Waals surface area contributed by atoms with Gasteiger partial charge in [0, 0.05) is 0 Å². The quantitative estimate of drug-likeness (QED) is 0.710. The van der Waals surface area contributed by atoms with E-state index >= 15 is 0 Å². The highest BCUT2D eigenvalue weighted by molar-refractivity contribution is 6.25. The Morgan fingerprint density at radius 1 is 0.929 bits per heavy atom. The molecule has 0 spiro atoms. The van der Waals surface area contributed by atoms with Gasteiger partial charge in [-0.2, -0.15) is 0 Å². The van der Waals surface area contributed by atoms with Crippen LogP contribution in [0.1, 0.15) is 51.4 Å². The summed E-state index contributed by atoms with van der Waals surface area (Å²) in [5.41, 5.74) is 0. The summed E-state index contributed by atoms with van der Waals surface area (Å²) in [4.78, 5) is 9.30. The summed E-state index contributed by atoms with van der Waals surface area (Å²) in [5, 5.41) is 0. The van der Waals surface area contributed by atoms with Gasteiger partial charge in [-0.1, -0.05) is 51.4 Å². The molecular weight excluding hydrogens is 188 g/mol. The molecule has 0 heterocycles. The molecule has 1 nitrogen and oxygen atoms in total. The second-order valence-electron chi connectivity index (χ2n) is 5.27. The van der Waals surface area contributed by atoms with Crippen LogP contribution in [-0.2, 0) is 0 Å². The first kappa shape index (κ1) is 10.7. The minimum atomic E-state index is -0.701. The molecule has 0 radical (unpaired) electrons. The van der Waals surface area contributed by atoms with Crippen LogP contribution in [0.3, 0.4) is 0 Å². The average molecular weight is 212 g/mol. The molecule has 0 unspecified atom stereocenters. The normalized spacial score (nSPS) is 26.1. The van der Waals surface area contributed by atoms with E-state index in [-0.39, 0.29) is 0 Å². The Kier molecular flexibility index (Phi) is 4.06. The number of hydrogen-bond donors (Lipinski definition) is 1. The molecule has 2 fully saturated rings. The zero-order valence-corrected chi connectivity index (χ0v) is 10.7. The van der Waals surface area contributed by atoms with Gasteiger partial charge >= 0.3 is 0 Å². The number of hydrogen-bond acceptors (Lipinski definition) is 1. The van der Waals surface area contributed by atoms with Gasteiger partial charge in [0.2, 0.25) is 0 Å². The highest BCUT2D eigenvalue weighted by Crippen LogP contribution is 2.43. The van der Waals surface area contributed by atoms with Gasteiger partial charge in [-0.15, -0.1) is 0 Å². The first-order chi connectivity index (χ1) is 6.92. The van der Waals surface area contributed by atoms with E-state index in [1.54, 1.807) is 0 Å². The largest absolute Gasteiger partial charge is 0.438 e. The highest BCUT2D eigenvalue weighted by atomic mass is 28.2. The van der Waals surface area contributed by atoms with Crippen molar-refractivity contribution >= 4 is 9.76 Å². The summed E-state index contributed by atoms with van der Waals surface area (Å²) in [6.07, 6.45) is 11.7. The van der Waals surface area contributed by atoms with E-state index in [4.69, 9.17) is 0 Å². The van der Waals surface area contributed by atoms with Crippen molar-refractivity contribution in [3.63, 3.8) is 0 Å². The van der Waals surface area contributed by atoms with E-state index < -0.39 is 9.76 Å². The molecule has 82 valence electrons. The van der Waals surface area contributed by atoms with Crippen molar-refractivity contribution < 1.29 is 4.80 Å². The maximum atomic E-state index is 9.30. The van der Waals surface area contributed by atoms with Crippen LogP contribution in [0.5, 0.6) is 0 Å². The Hall–Kier alpha value is 0.177. The Morgan fingerprint density at radius 2 is 1.36 bits per heavy atom.